The lowest BCUT2D eigenvalue weighted by Crippen LogP contribution is -2.51. The molecule has 0 aliphatic rings. The van der Waals surface area contributed by atoms with Gasteiger partial charge in [-0.05, 0) is 36.5 Å². The number of unbranched alkanes of at least 4 members (excludes halogenated alkanes) is 4. The first-order valence-corrected chi connectivity index (χ1v) is 14.3. The largest absolute Gasteiger partial charge is 0.508 e. The number of carbonyl (C=O) groups excluding carboxylic acids is 4. The van der Waals surface area contributed by atoms with E-state index in [1.54, 1.807) is 6.07 Å². The first kappa shape index (κ1) is 34.9. The second kappa shape index (κ2) is 19.0. The van der Waals surface area contributed by atoms with Gasteiger partial charge in [0.2, 0.25) is 0 Å². The third-order valence-corrected chi connectivity index (χ3v) is 6.49. The minimum Gasteiger partial charge on any atom is -0.468 e. The maximum atomic E-state index is 12.6. The quantitative estimate of drug-likeness (QED) is 0.127. The Balaban J connectivity index is 3.05. The summed E-state index contributed by atoms with van der Waals surface area (Å²) in [6.45, 7) is 8.07. The highest BCUT2D eigenvalue weighted by Gasteiger charge is 2.36. The van der Waals surface area contributed by atoms with Gasteiger partial charge in [-0.1, -0.05) is 65.9 Å². The Hall–Kier alpha value is -3.14. The number of carbonyl (C=O) groups is 4. The van der Waals surface area contributed by atoms with E-state index in [0.29, 0.717) is 18.4 Å². The van der Waals surface area contributed by atoms with Crippen LogP contribution in [0.1, 0.15) is 97.5 Å². The first-order chi connectivity index (χ1) is 19.1. The molecule has 0 fully saturated rings. The molecule has 0 heterocycles. The molecule has 226 valence electrons. The number of nitrogens with two attached hydrogens (primary N) is 1. The van der Waals surface area contributed by atoms with Crippen molar-refractivity contribution in [2.75, 3.05) is 20.3 Å². The minimum absolute atomic E-state index is 0.0178. The van der Waals surface area contributed by atoms with E-state index in [2.05, 4.69) is 0 Å². The van der Waals surface area contributed by atoms with Gasteiger partial charge in [0.25, 0.3) is 0 Å². The molecular formula is C30H47NO9. The summed E-state index contributed by atoms with van der Waals surface area (Å²) in [5, 5.41) is 0. The van der Waals surface area contributed by atoms with Gasteiger partial charge in [0.15, 0.2) is 11.5 Å². The molecule has 0 amide bonds. The maximum Gasteiger partial charge on any atom is 0.508 e. The second-order valence-corrected chi connectivity index (χ2v) is 10.1. The third-order valence-electron chi connectivity index (χ3n) is 6.49. The minimum atomic E-state index is -1.55. The van der Waals surface area contributed by atoms with E-state index in [0.717, 1.165) is 32.1 Å². The number of rotatable bonds is 19. The summed E-state index contributed by atoms with van der Waals surface area (Å²) in [6, 6.07) is 4.68. The smallest absolute Gasteiger partial charge is 0.468 e. The van der Waals surface area contributed by atoms with Gasteiger partial charge >= 0.3 is 24.1 Å². The maximum absolute atomic E-state index is 12.6. The summed E-state index contributed by atoms with van der Waals surface area (Å²) < 4.78 is 26.2. The standard InChI is InChI=1S/C30H47NO9/c1-6-9-11-13-26(32)39-24-16-15-23(19-25(24)40-27(33)14-12-10-7-2)20-30(31,28(34)36-5)17-18-37-29(35)38-21-22(4)8-3/h15-16,19,22H,6-14,17-18,20-21,31H2,1-5H3/t22-,30?/m0/s1. The number of ether oxygens (including phenoxy) is 5. The molecule has 0 aliphatic carbocycles. The molecule has 0 saturated heterocycles. The number of methoxy groups -OCH3 is 1. The van der Waals surface area contributed by atoms with Crippen molar-refractivity contribution in [3.63, 3.8) is 0 Å². The van der Waals surface area contributed by atoms with Crippen LogP contribution in [-0.4, -0.2) is 49.9 Å². The molecule has 0 spiro atoms. The summed E-state index contributed by atoms with van der Waals surface area (Å²) in [5.74, 6) is -1.20. The molecule has 0 saturated carbocycles. The fourth-order valence-corrected chi connectivity index (χ4v) is 3.73. The van der Waals surface area contributed by atoms with Gasteiger partial charge in [-0.25, -0.2) is 4.79 Å². The Labute approximate surface area is 238 Å². The molecule has 1 aromatic rings. The molecule has 1 rings (SSSR count). The molecule has 10 heteroatoms. The van der Waals surface area contributed by atoms with E-state index in [1.807, 2.05) is 27.7 Å². The van der Waals surface area contributed by atoms with Crippen molar-refractivity contribution < 1.29 is 42.9 Å². The Bertz CT molecular complexity index is 949. The van der Waals surface area contributed by atoms with Crippen LogP contribution in [0, 0.1) is 5.92 Å². The normalized spacial score (nSPS) is 13.1. The van der Waals surface area contributed by atoms with Gasteiger partial charge < -0.3 is 29.4 Å². The van der Waals surface area contributed by atoms with Crippen molar-refractivity contribution >= 4 is 24.1 Å². The van der Waals surface area contributed by atoms with Gasteiger partial charge in [-0.15, -0.1) is 0 Å². The highest BCUT2D eigenvalue weighted by molar-refractivity contribution is 5.81. The van der Waals surface area contributed by atoms with Crippen molar-refractivity contribution in [1.82, 2.24) is 0 Å². The van der Waals surface area contributed by atoms with Crippen LogP contribution in [0.4, 0.5) is 4.79 Å². The van der Waals surface area contributed by atoms with Crippen molar-refractivity contribution in [2.45, 2.75) is 104 Å². The zero-order chi connectivity index (χ0) is 30.0. The average molecular weight is 566 g/mol. The summed E-state index contributed by atoms with van der Waals surface area (Å²) >= 11 is 0. The van der Waals surface area contributed by atoms with Crippen LogP contribution in [0.15, 0.2) is 18.2 Å². The lowest BCUT2D eigenvalue weighted by atomic mass is 9.88. The van der Waals surface area contributed by atoms with Crippen LogP contribution >= 0.6 is 0 Å². The first-order valence-electron chi connectivity index (χ1n) is 14.3. The highest BCUT2D eigenvalue weighted by Crippen LogP contribution is 2.31. The van der Waals surface area contributed by atoms with Crippen LogP contribution in [0.5, 0.6) is 11.5 Å². The van der Waals surface area contributed by atoms with E-state index >= 15 is 0 Å². The SMILES string of the molecule is CCCCCC(=O)Oc1ccc(CC(N)(CCOC(=O)OC[C@@H](C)CC)C(=O)OC)cc1OC(=O)CCCCC. The predicted molar refractivity (Wildman–Crippen MR) is 150 cm³/mol. The summed E-state index contributed by atoms with van der Waals surface area (Å²) in [4.78, 5) is 49.4. The van der Waals surface area contributed by atoms with E-state index in [1.165, 1.54) is 19.2 Å². The summed E-state index contributed by atoms with van der Waals surface area (Å²) in [6.07, 6.45) is 5.50. The van der Waals surface area contributed by atoms with Gasteiger partial charge in [0.1, 0.15) is 5.54 Å². The van der Waals surface area contributed by atoms with Gasteiger partial charge in [-0.2, -0.15) is 0 Å². The van der Waals surface area contributed by atoms with E-state index in [4.69, 9.17) is 29.4 Å². The molecule has 40 heavy (non-hydrogen) atoms. The lowest BCUT2D eigenvalue weighted by Gasteiger charge is -2.26. The Morgan fingerprint density at radius 1 is 0.875 bits per heavy atom. The van der Waals surface area contributed by atoms with Crippen molar-refractivity contribution in [2.24, 2.45) is 11.7 Å². The molecular weight excluding hydrogens is 518 g/mol. The number of hydrogen-bond donors (Lipinski definition) is 1. The fraction of sp³-hybridized carbons (Fsp3) is 0.667. The number of benzene rings is 1. The molecule has 1 aromatic carbocycles. The van der Waals surface area contributed by atoms with E-state index in [-0.39, 0.29) is 56.3 Å². The number of hydrogen-bond acceptors (Lipinski definition) is 10. The molecule has 0 aromatic heterocycles. The fourth-order valence-electron chi connectivity index (χ4n) is 3.73. The van der Waals surface area contributed by atoms with Gasteiger partial charge in [0.05, 0.1) is 20.3 Å². The van der Waals surface area contributed by atoms with Crippen molar-refractivity contribution in [3.05, 3.63) is 23.8 Å². The zero-order valence-electron chi connectivity index (χ0n) is 24.8. The predicted octanol–water partition coefficient (Wildman–Crippen LogP) is 5.66. The van der Waals surface area contributed by atoms with Gasteiger partial charge in [0, 0.05) is 25.7 Å². The summed E-state index contributed by atoms with van der Waals surface area (Å²) in [7, 11) is 1.22. The molecule has 0 bridgehead atoms. The average Bonchev–Trinajstić information content (AvgIpc) is 2.92. The number of esters is 3. The molecule has 0 radical (unpaired) electrons. The van der Waals surface area contributed by atoms with Crippen molar-refractivity contribution in [1.29, 1.82) is 0 Å². The monoisotopic (exact) mass is 565 g/mol. The highest BCUT2D eigenvalue weighted by atomic mass is 16.7. The topological polar surface area (TPSA) is 140 Å². The van der Waals surface area contributed by atoms with Crippen molar-refractivity contribution in [3.8, 4) is 11.5 Å². The lowest BCUT2D eigenvalue weighted by molar-refractivity contribution is -0.147. The Kier molecular flexibility index (Phi) is 16.6. The van der Waals surface area contributed by atoms with Crippen LogP contribution in [0.2, 0.25) is 0 Å². The molecule has 2 N–H and O–H groups in total. The molecule has 1 unspecified atom stereocenters. The molecule has 0 aliphatic heterocycles. The zero-order valence-corrected chi connectivity index (χ0v) is 24.8. The summed E-state index contributed by atoms with van der Waals surface area (Å²) in [5.41, 5.74) is 5.42. The Morgan fingerprint density at radius 2 is 1.48 bits per heavy atom. The Morgan fingerprint density at radius 3 is 2.02 bits per heavy atom. The van der Waals surface area contributed by atoms with Crippen LogP contribution in [-0.2, 0) is 35.0 Å². The van der Waals surface area contributed by atoms with E-state index < -0.39 is 29.6 Å². The van der Waals surface area contributed by atoms with Gasteiger partial charge in [-0.3, -0.25) is 14.4 Å². The van der Waals surface area contributed by atoms with Crippen LogP contribution in [0.25, 0.3) is 0 Å². The molecule has 2 atom stereocenters. The van der Waals surface area contributed by atoms with Crippen LogP contribution < -0.4 is 15.2 Å². The van der Waals surface area contributed by atoms with Crippen LogP contribution in [0.3, 0.4) is 0 Å². The third kappa shape index (κ3) is 13.3. The molecule has 10 nitrogen and oxygen atoms in total. The second-order valence-electron chi connectivity index (χ2n) is 10.1. The van der Waals surface area contributed by atoms with E-state index in [9.17, 15) is 19.2 Å².